The molecule has 0 aliphatic heterocycles. The average molecular weight is 265 g/mol. The minimum absolute atomic E-state index is 0.0959. The van der Waals surface area contributed by atoms with E-state index in [4.69, 9.17) is 4.74 Å². The first-order chi connectivity index (χ1) is 9.20. The Balaban J connectivity index is 2.11. The van der Waals surface area contributed by atoms with Gasteiger partial charge in [-0.2, -0.15) is 4.98 Å². The number of nitrogens with one attached hydrogen (secondary N) is 1. The van der Waals surface area contributed by atoms with Crippen LogP contribution < -0.4 is 10.1 Å². The van der Waals surface area contributed by atoms with E-state index < -0.39 is 5.97 Å². The van der Waals surface area contributed by atoms with Crippen molar-refractivity contribution in [2.75, 3.05) is 12.4 Å². The smallest absolute Gasteiger partial charge is 0.308 e. The molecule has 6 heteroatoms. The highest BCUT2D eigenvalue weighted by Crippen LogP contribution is 2.26. The molecule has 0 radical (unpaired) electrons. The largest absolute Gasteiger partial charge is 0.481 e. The fraction of sp³-hybridized carbons (Fsp3) is 0.615. The van der Waals surface area contributed by atoms with Crippen LogP contribution in [-0.4, -0.2) is 34.2 Å². The van der Waals surface area contributed by atoms with E-state index in [1.165, 1.54) is 13.3 Å². The number of aromatic nitrogens is 2. The van der Waals surface area contributed by atoms with Crippen LogP contribution >= 0.6 is 0 Å². The highest BCUT2D eigenvalue weighted by molar-refractivity contribution is 5.71. The predicted molar refractivity (Wildman–Crippen MR) is 70.2 cm³/mol. The second-order valence-electron chi connectivity index (χ2n) is 4.78. The molecule has 1 aromatic heterocycles. The number of nitrogens with zero attached hydrogens (tertiary/aromatic N) is 2. The Morgan fingerprint density at radius 3 is 2.89 bits per heavy atom. The predicted octanol–water partition coefficient (Wildman–Crippen LogP) is 1.93. The molecule has 2 N–H and O–H groups in total. The van der Waals surface area contributed by atoms with Gasteiger partial charge in [-0.1, -0.05) is 19.3 Å². The van der Waals surface area contributed by atoms with Crippen LogP contribution in [0.2, 0.25) is 0 Å². The summed E-state index contributed by atoms with van der Waals surface area (Å²) in [5.74, 6) is -0.117. The maximum atomic E-state index is 11.3. The minimum Gasteiger partial charge on any atom is -0.481 e. The van der Waals surface area contributed by atoms with Crippen LogP contribution in [-0.2, 0) is 4.79 Å². The van der Waals surface area contributed by atoms with E-state index in [0.29, 0.717) is 18.1 Å². The molecule has 2 unspecified atom stereocenters. The number of rotatable bonds is 4. The van der Waals surface area contributed by atoms with Crippen LogP contribution in [0.25, 0.3) is 0 Å². The van der Waals surface area contributed by atoms with Crippen LogP contribution in [0.1, 0.15) is 32.1 Å². The molecule has 19 heavy (non-hydrogen) atoms. The second-order valence-corrected chi connectivity index (χ2v) is 4.78. The van der Waals surface area contributed by atoms with Gasteiger partial charge in [-0.3, -0.25) is 9.78 Å². The van der Waals surface area contributed by atoms with E-state index in [0.717, 1.165) is 25.7 Å². The van der Waals surface area contributed by atoms with Crippen molar-refractivity contribution in [3.05, 3.63) is 12.4 Å². The zero-order chi connectivity index (χ0) is 13.7. The molecular formula is C13H19N3O3. The maximum Gasteiger partial charge on any atom is 0.308 e. The molecule has 1 aliphatic carbocycles. The van der Waals surface area contributed by atoms with Crippen molar-refractivity contribution in [1.82, 2.24) is 9.97 Å². The maximum absolute atomic E-state index is 11.3. The fourth-order valence-electron chi connectivity index (χ4n) is 2.48. The first-order valence-electron chi connectivity index (χ1n) is 6.56. The Kier molecular flexibility index (Phi) is 4.54. The Morgan fingerprint density at radius 2 is 2.16 bits per heavy atom. The summed E-state index contributed by atoms with van der Waals surface area (Å²) in [5.41, 5.74) is 0. The highest BCUT2D eigenvalue weighted by Gasteiger charge is 2.29. The van der Waals surface area contributed by atoms with Crippen molar-refractivity contribution in [1.29, 1.82) is 0 Å². The van der Waals surface area contributed by atoms with Crippen molar-refractivity contribution in [2.45, 2.75) is 38.1 Å². The molecule has 0 spiro atoms. The van der Waals surface area contributed by atoms with Gasteiger partial charge in [0.25, 0.3) is 0 Å². The van der Waals surface area contributed by atoms with Crippen molar-refractivity contribution in [3.8, 4) is 5.88 Å². The number of carboxylic acid groups (broad SMARTS) is 1. The highest BCUT2D eigenvalue weighted by atomic mass is 16.5. The molecule has 1 heterocycles. The van der Waals surface area contributed by atoms with Gasteiger partial charge in [0.15, 0.2) is 0 Å². The van der Waals surface area contributed by atoms with E-state index in [-0.39, 0.29) is 12.0 Å². The van der Waals surface area contributed by atoms with Gasteiger partial charge in [0, 0.05) is 6.04 Å². The van der Waals surface area contributed by atoms with Crippen molar-refractivity contribution in [3.63, 3.8) is 0 Å². The number of hydrogen-bond donors (Lipinski definition) is 2. The Bertz CT molecular complexity index is 439. The topological polar surface area (TPSA) is 84.3 Å². The molecule has 0 bridgehead atoms. The van der Waals surface area contributed by atoms with Gasteiger partial charge in [0.1, 0.15) is 5.82 Å². The monoisotopic (exact) mass is 265 g/mol. The molecule has 104 valence electrons. The number of anilines is 1. The van der Waals surface area contributed by atoms with Gasteiger partial charge in [-0.15, -0.1) is 0 Å². The number of ether oxygens (including phenoxy) is 1. The third-order valence-corrected chi connectivity index (χ3v) is 3.49. The Hall–Kier alpha value is -1.85. The fourth-order valence-corrected chi connectivity index (χ4v) is 2.48. The standard InChI is InChI=1S/C13H19N3O3/c1-19-12-8-14-7-11(16-12)15-10-6-4-2-3-5-9(10)13(17)18/h7-10H,2-6H2,1H3,(H,15,16)(H,17,18). The summed E-state index contributed by atoms with van der Waals surface area (Å²) >= 11 is 0. The summed E-state index contributed by atoms with van der Waals surface area (Å²) < 4.78 is 5.01. The molecule has 6 nitrogen and oxygen atoms in total. The lowest BCUT2D eigenvalue weighted by Crippen LogP contribution is -2.34. The normalized spacial score (nSPS) is 23.4. The van der Waals surface area contributed by atoms with Crippen LogP contribution in [0.5, 0.6) is 5.88 Å². The lowest BCUT2D eigenvalue weighted by atomic mass is 9.95. The minimum atomic E-state index is -0.741. The molecular weight excluding hydrogens is 246 g/mol. The summed E-state index contributed by atoms with van der Waals surface area (Å²) in [7, 11) is 1.53. The molecule has 0 aromatic carbocycles. The molecule has 2 rings (SSSR count). The molecule has 1 saturated carbocycles. The number of carbonyl (C=O) groups is 1. The molecule has 2 atom stereocenters. The summed E-state index contributed by atoms with van der Waals surface area (Å²) in [6.45, 7) is 0. The van der Waals surface area contributed by atoms with E-state index >= 15 is 0 Å². The number of methoxy groups -OCH3 is 1. The van der Waals surface area contributed by atoms with Gasteiger partial charge < -0.3 is 15.2 Å². The SMILES string of the molecule is COc1cncc(NC2CCCCCC2C(=O)O)n1. The average Bonchev–Trinajstić information content (AvgIpc) is 2.64. The number of aliphatic carboxylic acids is 1. The van der Waals surface area contributed by atoms with Crippen molar-refractivity contribution in [2.24, 2.45) is 5.92 Å². The first kappa shape index (κ1) is 13.6. The summed E-state index contributed by atoms with van der Waals surface area (Å²) in [6.07, 6.45) is 7.77. The van der Waals surface area contributed by atoms with Crippen molar-refractivity contribution >= 4 is 11.8 Å². The van der Waals surface area contributed by atoms with Gasteiger partial charge >= 0.3 is 5.97 Å². The quantitative estimate of drug-likeness (QED) is 0.809. The zero-order valence-electron chi connectivity index (χ0n) is 11.0. The van der Waals surface area contributed by atoms with Gasteiger partial charge in [0.05, 0.1) is 25.4 Å². The van der Waals surface area contributed by atoms with Gasteiger partial charge in [-0.25, -0.2) is 0 Å². The molecule has 1 aromatic rings. The third kappa shape index (κ3) is 3.56. The Labute approximate surface area is 112 Å². The molecule has 1 aliphatic rings. The Morgan fingerprint density at radius 1 is 1.37 bits per heavy atom. The first-order valence-corrected chi connectivity index (χ1v) is 6.56. The van der Waals surface area contributed by atoms with E-state index in [9.17, 15) is 9.90 Å². The summed E-state index contributed by atoms with van der Waals surface area (Å²) in [5, 5.41) is 12.5. The van der Waals surface area contributed by atoms with E-state index in [1.807, 2.05) is 0 Å². The van der Waals surface area contributed by atoms with E-state index in [1.54, 1.807) is 6.20 Å². The third-order valence-electron chi connectivity index (χ3n) is 3.49. The number of carboxylic acids is 1. The molecule has 1 fully saturated rings. The summed E-state index contributed by atoms with van der Waals surface area (Å²) in [4.78, 5) is 19.6. The van der Waals surface area contributed by atoms with Crippen LogP contribution in [0.3, 0.4) is 0 Å². The zero-order valence-corrected chi connectivity index (χ0v) is 11.0. The van der Waals surface area contributed by atoms with Crippen LogP contribution in [0.15, 0.2) is 12.4 Å². The summed E-state index contributed by atoms with van der Waals surface area (Å²) in [6, 6.07) is -0.0959. The van der Waals surface area contributed by atoms with Gasteiger partial charge in [0.2, 0.25) is 5.88 Å². The van der Waals surface area contributed by atoms with E-state index in [2.05, 4.69) is 15.3 Å². The van der Waals surface area contributed by atoms with Crippen molar-refractivity contribution < 1.29 is 14.6 Å². The van der Waals surface area contributed by atoms with Crippen LogP contribution in [0.4, 0.5) is 5.82 Å². The van der Waals surface area contributed by atoms with Gasteiger partial charge in [-0.05, 0) is 12.8 Å². The lowest BCUT2D eigenvalue weighted by Gasteiger charge is -2.23. The lowest BCUT2D eigenvalue weighted by molar-refractivity contribution is -0.142. The van der Waals surface area contributed by atoms with Crippen LogP contribution in [0, 0.1) is 5.92 Å². The molecule has 0 amide bonds. The molecule has 0 saturated heterocycles. The number of hydrogen-bond acceptors (Lipinski definition) is 5. The second kappa shape index (κ2) is 6.36.